The van der Waals surface area contributed by atoms with Crippen molar-refractivity contribution in [2.24, 2.45) is 0 Å². The first kappa shape index (κ1) is 32.4. The normalized spacial score (nSPS) is 11.4. The average Bonchev–Trinajstić information content (AvgIpc) is 2.70. The Kier molecular flexibility index (Phi) is 29.3. The van der Waals surface area contributed by atoms with Gasteiger partial charge in [-0.05, 0) is 25.7 Å². The van der Waals surface area contributed by atoms with Crippen molar-refractivity contribution in [1.29, 1.82) is 0 Å². The zero-order chi connectivity index (χ0) is 21.4. The Bertz CT molecular complexity index is 279. The molecule has 0 atom stereocenters. The molecule has 0 unspecified atom stereocenters. The van der Waals surface area contributed by atoms with Gasteiger partial charge in [-0.1, -0.05) is 117 Å². The Morgan fingerprint density at radius 2 is 0.733 bits per heavy atom. The number of nitrogens with one attached hydrogen (secondary N) is 1. The number of hydrogen-bond acceptors (Lipinski definition) is 2. The lowest BCUT2D eigenvalue weighted by Gasteiger charge is -2.20. The van der Waals surface area contributed by atoms with E-state index in [0.29, 0.717) is 6.54 Å². The lowest BCUT2D eigenvalue weighted by molar-refractivity contribution is -0.906. The van der Waals surface area contributed by atoms with Crippen molar-refractivity contribution in [1.82, 2.24) is 0 Å². The Labute approximate surface area is 195 Å². The van der Waals surface area contributed by atoms with Gasteiger partial charge in [0.05, 0.1) is 13.1 Å². The van der Waals surface area contributed by atoms with Gasteiger partial charge in [-0.25, -0.2) is 0 Å². The van der Waals surface area contributed by atoms with Crippen LogP contribution in [0.2, 0.25) is 0 Å². The standard InChI is InChI=1S/C26H55NO2.ClH/c1-3-5-7-9-11-13-15-17-19-21-23-27(25-26(28)29)24-22-20-18-16-14-12-10-8-6-4-2;/h26,28-29H,3-25H2,1-2H3;1H. The van der Waals surface area contributed by atoms with E-state index >= 15 is 0 Å². The Morgan fingerprint density at radius 3 is 1.00 bits per heavy atom. The summed E-state index contributed by atoms with van der Waals surface area (Å²) in [6, 6.07) is 0. The molecule has 4 heteroatoms. The fraction of sp³-hybridized carbons (Fsp3) is 1.00. The van der Waals surface area contributed by atoms with Gasteiger partial charge < -0.3 is 27.5 Å². The van der Waals surface area contributed by atoms with Gasteiger partial charge in [0.1, 0.15) is 6.54 Å². The molecule has 0 aromatic rings. The first-order chi connectivity index (χ1) is 14.2. The third-order valence-corrected chi connectivity index (χ3v) is 6.24. The molecule has 3 N–H and O–H groups in total. The summed E-state index contributed by atoms with van der Waals surface area (Å²) in [6.45, 7) is 7.25. The van der Waals surface area contributed by atoms with Gasteiger partial charge in [-0.15, -0.1) is 0 Å². The molecule has 0 aromatic heterocycles. The maximum Gasteiger partial charge on any atom is 0.202 e. The zero-order valence-corrected chi connectivity index (χ0v) is 21.4. The van der Waals surface area contributed by atoms with E-state index in [2.05, 4.69) is 13.8 Å². The van der Waals surface area contributed by atoms with Crippen LogP contribution in [-0.2, 0) is 0 Å². The van der Waals surface area contributed by atoms with Gasteiger partial charge in [0.25, 0.3) is 0 Å². The van der Waals surface area contributed by atoms with E-state index in [0.717, 1.165) is 13.1 Å². The molecule has 0 bridgehead atoms. The van der Waals surface area contributed by atoms with Crippen LogP contribution in [0.3, 0.4) is 0 Å². The summed E-state index contributed by atoms with van der Waals surface area (Å²) in [5.74, 6) is 0. The van der Waals surface area contributed by atoms with Crippen molar-refractivity contribution < 1.29 is 27.5 Å². The van der Waals surface area contributed by atoms with E-state index < -0.39 is 6.29 Å². The lowest BCUT2D eigenvalue weighted by atomic mass is 10.1. The van der Waals surface area contributed by atoms with Crippen LogP contribution in [0.4, 0.5) is 0 Å². The number of quaternary nitrogens is 1. The summed E-state index contributed by atoms with van der Waals surface area (Å²) in [6.07, 6.45) is 26.1. The molecule has 0 radical (unpaired) electrons. The third-order valence-electron chi connectivity index (χ3n) is 6.24. The van der Waals surface area contributed by atoms with Crippen LogP contribution in [0.15, 0.2) is 0 Å². The smallest absolute Gasteiger partial charge is 0.202 e. The van der Waals surface area contributed by atoms with Crippen LogP contribution < -0.4 is 17.3 Å². The van der Waals surface area contributed by atoms with Gasteiger partial charge in [0.2, 0.25) is 6.29 Å². The molecule has 0 spiro atoms. The summed E-state index contributed by atoms with van der Waals surface area (Å²) >= 11 is 0. The van der Waals surface area contributed by atoms with Crippen LogP contribution in [0.1, 0.15) is 142 Å². The molecule has 0 aliphatic carbocycles. The van der Waals surface area contributed by atoms with Crippen LogP contribution in [0, 0.1) is 0 Å². The second kappa shape index (κ2) is 27.2. The first-order valence-electron chi connectivity index (χ1n) is 13.4. The quantitative estimate of drug-likeness (QED) is 0.157. The van der Waals surface area contributed by atoms with E-state index in [1.807, 2.05) is 0 Å². The second-order valence-electron chi connectivity index (χ2n) is 9.30. The molecule has 0 fully saturated rings. The van der Waals surface area contributed by atoms with E-state index in [9.17, 15) is 10.2 Å². The molecular weight excluding hydrogens is 394 g/mol. The number of rotatable bonds is 24. The highest BCUT2D eigenvalue weighted by molar-refractivity contribution is 4.49. The van der Waals surface area contributed by atoms with Crippen LogP contribution in [0.25, 0.3) is 0 Å². The third kappa shape index (κ3) is 26.2. The maximum atomic E-state index is 9.38. The Morgan fingerprint density at radius 1 is 0.467 bits per heavy atom. The fourth-order valence-corrected chi connectivity index (χ4v) is 4.31. The summed E-state index contributed by atoms with van der Waals surface area (Å²) in [7, 11) is 0. The second-order valence-corrected chi connectivity index (χ2v) is 9.30. The van der Waals surface area contributed by atoms with Crippen LogP contribution in [-0.4, -0.2) is 36.1 Å². The minimum absolute atomic E-state index is 0. The summed E-state index contributed by atoms with van der Waals surface area (Å²) in [5.41, 5.74) is 0. The molecule has 0 saturated heterocycles. The molecule has 0 aliphatic heterocycles. The van der Waals surface area contributed by atoms with Crippen molar-refractivity contribution in [3.8, 4) is 0 Å². The molecule has 0 amide bonds. The molecule has 0 aromatic carbocycles. The van der Waals surface area contributed by atoms with Gasteiger partial charge in [-0.3, -0.25) is 0 Å². The molecule has 0 aliphatic rings. The van der Waals surface area contributed by atoms with Crippen molar-refractivity contribution in [2.75, 3.05) is 19.6 Å². The van der Waals surface area contributed by atoms with E-state index in [-0.39, 0.29) is 12.4 Å². The minimum atomic E-state index is -1.16. The predicted molar refractivity (Wildman–Crippen MR) is 127 cm³/mol. The zero-order valence-electron chi connectivity index (χ0n) is 20.6. The van der Waals surface area contributed by atoms with Crippen molar-refractivity contribution in [3.63, 3.8) is 0 Å². The number of unbranched alkanes of at least 4 members (excludes halogenated alkanes) is 18. The minimum Gasteiger partial charge on any atom is -1.00 e. The van der Waals surface area contributed by atoms with Crippen molar-refractivity contribution >= 4 is 0 Å². The van der Waals surface area contributed by atoms with E-state index in [4.69, 9.17) is 0 Å². The summed E-state index contributed by atoms with van der Waals surface area (Å²) < 4.78 is 0. The molecule has 0 rings (SSSR count). The number of hydrogen-bond donors (Lipinski definition) is 3. The van der Waals surface area contributed by atoms with Gasteiger partial charge >= 0.3 is 0 Å². The number of aliphatic hydroxyl groups excluding tert-OH is 1. The number of halogens is 1. The Hall–Kier alpha value is 0.170. The van der Waals surface area contributed by atoms with Crippen LogP contribution in [0.5, 0.6) is 0 Å². The highest BCUT2D eigenvalue weighted by Gasteiger charge is 2.12. The molecular formula is C26H56ClNO2. The monoisotopic (exact) mass is 449 g/mol. The van der Waals surface area contributed by atoms with Crippen LogP contribution >= 0.6 is 0 Å². The van der Waals surface area contributed by atoms with Crippen molar-refractivity contribution in [2.45, 2.75) is 149 Å². The topological polar surface area (TPSA) is 44.9 Å². The highest BCUT2D eigenvalue weighted by Crippen LogP contribution is 2.11. The average molecular weight is 450 g/mol. The molecule has 3 nitrogen and oxygen atoms in total. The van der Waals surface area contributed by atoms with Gasteiger partial charge in [0.15, 0.2) is 0 Å². The van der Waals surface area contributed by atoms with Gasteiger partial charge in [0, 0.05) is 0 Å². The SMILES string of the molecule is CCCCCCCCCCCC[NH+](CCCCCCCCCCCC)CC(O)O.[Cl-]. The maximum absolute atomic E-state index is 9.38. The number of aliphatic hydroxyl groups is 2. The summed E-state index contributed by atoms with van der Waals surface area (Å²) in [5, 5.41) is 18.8. The first-order valence-corrected chi connectivity index (χ1v) is 13.4. The fourth-order valence-electron chi connectivity index (χ4n) is 4.31. The highest BCUT2D eigenvalue weighted by atomic mass is 35.5. The van der Waals surface area contributed by atoms with E-state index in [1.54, 1.807) is 0 Å². The van der Waals surface area contributed by atoms with E-state index in [1.165, 1.54) is 133 Å². The molecule has 0 heterocycles. The largest absolute Gasteiger partial charge is 1.00 e. The Balaban J connectivity index is 0. The molecule has 0 saturated carbocycles. The summed E-state index contributed by atoms with van der Waals surface area (Å²) in [4.78, 5) is 1.39. The molecule has 184 valence electrons. The lowest BCUT2D eigenvalue weighted by Crippen LogP contribution is -3.13. The predicted octanol–water partition coefficient (Wildman–Crippen LogP) is 3.03. The van der Waals surface area contributed by atoms with Gasteiger partial charge in [-0.2, -0.15) is 0 Å². The van der Waals surface area contributed by atoms with Crippen molar-refractivity contribution in [3.05, 3.63) is 0 Å². The molecule has 30 heavy (non-hydrogen) atoms.